The molecule has 0 unspecified atom stereocenters. The third-order valence-electron chi connectivity index (χ3n) is 2.41. The first kappa shape index (κ1) is 16.6. The third-order valence-corrected chi connectivity index (χ3v) is 2.69. The van der Waals surface area contributed by atoms with Crippen LogP contribution in [0.5, 0.6) is 0 Å². The summed E-state index contributed by atoms with van der Waals surface area (Å²) in [6.45, 7) is 1.02. The van der Waals surface area contributed by atoms with Crippen LogP contribution in [0.4, 0.5) is 32.0 Å². The van der Waals surface area contributed by atoms with E-state index in [0.717, 1.165) is 6.92 Å². The molecule has 0 atom stereocenters. The van der Waals surface area contributed by atoms with Crippen molar-refractivity contribution in [3.63, 3.8) is 0 Å². The normalized spacial score (nSPS) is 13.7. The summed E-state index contributed by atoms with van der Waals surface area (Å²) in [5.74, 6) is -0.584. The van der Waals surface area contributed by atoms with Gasteiger partial charge in [-0.25, -0.2) is 4.99 Å². The number of nitrogens with two attached hydrogens (primary N) is 1. The van der Waals surface area contributed by atoms with Crippen molar-refractivity contribution in [2.24, 2.45) is 10.7 Å². The van der Waals surface area contributed by atoms with Gasteiger partial charge in [-0.1, -0.05) is 0 Å². The number of hydrogen-bond donors (Lipinski definition) is 1. The molecule has 0 bridgehead atoms. The molecule has 0 aliphatic rings. The van der Waals surface area contributed by atoms with E-state index in [9.17, 15) is 26.3 Å². The molecule has 0 saturated heterocycles. The van der Waals surface area contributed by atoms with Gasteiger partial charge in [0, 0.05) is 0 Å². The van der Waals surface area contributed by atoms with E-state index in [1.165, 1.54) is 0 Å². The molecule has 2 N–H and O–H groups in total. The molecule has 0 aromatic heterocycles. The summed E-state index contributed by atoms with van der Waals surface area (Å²) in [6, 6.07) is 0.551. The van der Waals surface area contributed by atoms with Crippen LogP contribution in [-0.4, -0.2) is 11.7 Å². The summed E-state index contributed by atoms with van der Waals surface area (Å²) in [5, 5.41) is 0. The molecule has 0 saturated carbocycles. The van der Waals surface area contributed by atoms with Gasteiger partial charge >= 0.3 is 12.4 Å². The lowest BCUT2D eigenvalue weighted by atomic mass is 10.0. The Labute approximate surface area is 115 Å². The van der Waals surface area contributed by atoms with E-state index < -0.39 is 34.7 Å². The van der Waals surface area contributed by atoms with E-state index in [4.69, 9.17) is 17.3 Å². The molecule has 0 aliphatic heterocycles. The number of rotatable bonds is 2. The molecule has 20 heavy (non-hydrogen) atoms. The van der Waals surface area contributed by atoms with Gasteiger partial charge in [0.2, 0.25) is 0 Å². The van der Waals surface area contributed by atoms with Gasteiger partial charge in [0.1, 0.15) is 5.84 Å². The molecule has 0 heterocycles. The molecule has 1 rings (SSSR count). The fourth-order valence-electron chi connectivity index (χ4n) is 1.46. The molecule has 1 aromatic rings. The predicted molar refractivity (Wildman–Crippen MR) is 63.2 cm³/mol. The van der Waals surface area contributed by atoms with Crippen molar-refractivity contribution in [3.05, 3.63) is 28.8 Å². The summed E-state index contributed by atoms with van der Waals surface area (Å²) in [5.41, 5.74) is 1.44. The number of aliphatic imine (C=N–C) groups is 1. The monoisotopic (exact) mass is 318 g/mol. The predicted octanol–water partition coefficient (Wildman–Crippen LogP) is 4.26. The Hall–Kier alpha value is -1.44. The van der Waals surface area contributed by atoms with E-state index in [-0.39, 0.29) is 17.8 Å². The molecule has 0 spiro atoms. The SMILES string of the molecule is Cc1c(N=C(N)CCl)cc(C(F)(F)F)cc1C(F)(F)F. The second kappa shape index (κ2) is 5.51. The minimum Gasteiger partial charge on any atom is -0.386 e. The van der Waals surface area contributed by atoms with Gasteiger partial charge in [-0.2, -0.15) is 26.3 Å². The highest BCUT2D eigenvalue weighted by Crippen LogP contribution is 2.41. The Morgan fingerprint density at radius 2 is 1.70 bits per heavy atom. The maximum Gasteiger partial charge on any atom is 0.416 e. The van der Waals surface area contributed by atoms with Crippen LogP contribution in [0.15, 0.2) is 17.1 Å². The quantitative estimate of drug-likeness (QED) is 0.376. The van der Waals surface area contributed by atoms with Gasteiger partial charge in [-0.15, -0.1) is 11.6 Å². The summed E-state index contributed by atoms with van der Waals surface area (Å²) < 4.78 is 76.1. The molecule has 0 aliphatic carbocycles. The van der Waals surface area contributed by atoms with E-state index in [1.807, 2.05) is 0 Å². The van der Waals surface area contributed by atoms with Crippen LogP contribution in [0.25, 0.3) is 0 Å². The number of hydrogen-bond acceptors (Lipinski definition) is 1. The number of amidine groups is 1. The van der Waals surface area contributed by atoms with Gasteiger partial charge < -0.3 is 5.73 Å². The Morgan fingerprint density at radius 1 is 1.15 bits per heavy atom. The molecule has 2 nitrogen and oxygen atoms in total. The van der Waals surface area contributed by atoms with Crippen LogP contribution in [0, 0.1) is 6.92 Å². The molecule has 1 aromatic carbocycles. The highest BCUT2D eigenvalue weighted by molar-refractivity contribution is 6.28. The van der Waals surface area contributed by atoms with Crippen molar-refractivity contribution in [3.8, 4) is 0 Å². The first-order valence-electron chi connectivity index (χ1n) is 5.15. The summed E-state index contributed by atoms with van der Waals surface area (Å²) in [6.07, 6.45) is -9.85. The van der Waals surface area contributed by atoms with E-state index in [0.29, 0.717) is 6.07 Å². The van der Waals surface area contributed by atoms with Crippen LogP contribution >= 0.6 is 11.6 Å². The average Bonchev–Trinajstić information content (AvgIpc) is 2.28. The second-order valence-corrected chi connectivity index (χ2v) is 4.17. The summed E-state index contributed by atoms with van der Waals surface area (Å²) in [7, 11) is 0. The molecular weight excluding hydrogens is 310 g/mol. The van der Waals surface area contributed by atoms with Crippen LogP contribution in [-0.2, 0) is 12.4 Å². The second-order valence-electron chi connectivity index (χ2n) is 3.90. The third kappa shape index (κ3) is 3.78. The smallest absolute Gasteiger partial charge is 0.386 e. The van der Waals surface area contributed by atoms with Gasteiger partial charge in [0.15, 0.2) is 0 Å². The highest BCUT2D eigenvalue weighted by atomic mass is 35.5. The summed E-state index contributed by atoms with van der Waals surface area (Å²) >= 11 is 5.31. The lowest BCUT2D eigenvalue weighted by molar-refractivity contribution is -0.143. The molecule has 9 heteroatoms. The van der Waals surface area contributed by atoms with Gasteiger partial charge in [0.25, 0.3) is 0 Å². The maximum absolute atomic E-state index is 12.7. The molecule has 0 amide bonds. The zero-order valence-electron chi connectivity index (χ0n) is 10.0. The maximum atomic E-state index is 12.7. The average molecular weight is 319 g/mol. The van der Waals surface area contributed by atoms with E-state index in [1.54, 1.807) is 0 Å². The lowest BCUT2D eigenvalue weighted by Gasteiger charge is -2.16. The van der Waals surface area contributed by atoms with Crippen molar-refractivity contribution in [1.29, 1.82) is 0 Å². The minimum absolute atomic E-state index is 0.0469. The number of alkyl halides is 7. The fourth-order valence-corrected chi connectivity index (χ4v) is 1.52. The van der Waals surface area contributed by atoms with E-state index >= 15 is 0 Å². The topological polar surface area (TPSA) is 38.4 Å². The van der Waals surface area contributed by atoms with Gasteiger partial charge in [-0.3, -0.25) is 0 Å². The molecule has 0 radical (unpaired) electrons. The van der Waals surface area contributed by atoms with Crippen molar-refractivity contribution in [1.82, 2.24) is 0 Å². The van der Waals surface area contributed by atoms with Crippen LogP contribution in [0.3, 0.4) is 0 Å². The Balaban J connectivity index is 3.60. The van der Waals surface area contributed by atoms with Crippen LogP contribution in [0.2, 0.25) is 0 Å². The van der Waals surface area contributed by atoms with Gasteiger partial charge in [0.05, 0.1) is 22.7 Å². The van der Waals surface area contributed by atoms with Crippen molar-refractivity contribution < 1.29 is 26.3 Å². The zero-order chi connectivity index (χ0) is 15.7. The van der Waals surface area contributed by atoms with Crippen molar-refractivity contribution in [2.75, 3.05) is 5.88 Å². The molecule has 112 valence electrons. The number of nitrogens with zero attached hydrogens (tertiary/aromatic N) is 1. The van der Waals surface area contributed by atoms with Gasteiger partial charge in [-0.05, 0) is 24.6 Å². The van der Waals surface area contributed by atoms with Crippen LogP contribution < -0.4 is 5.73 Å². The van der Waals surface area contributed by atoms with E-state index in [2.05, 4.69) is 4.99 Å². The standard InChI is InChI=1S/C11H9ClF6N2/c1-5-7(11(16,17)18)2-6(10(13,14)15)3-8(5)20-9(19)4-12/h2-3H,4H2,1H3,(H2,19,20). The highest BCUT2D eigenvalue weighted by Gasteiger charge is 2.38. The first-order valence-corrected chi connectivity index (χ1v) is 5.68. The minimum atomic E-state index is -4.93. The first-order chi connectivity index (χ1) is 8.96. The summed E-state index contributed by atoms with van der Waals surface area (Å²) in [4.78, 5) is 3.49. The largest absolute Gasteiger partial charge is 0.416 e. The van der Waals surface area contributed by atoms with Crippen molar-refractivity contribution >= 4 is 23.1 Å². The Morgan fingerprint density at radius 3 is 2.10 bits per heavy atom. The lowest BCUT2D eigenvalue weighted by Crippen LogP contribution is -2.15. The molecule has 0 fully saturated rings. The Bertz CT molecular complexity index is 533. The molecular formula is C11H9ClF6N2. The number of halogens is 7. The zero-order valence-corrected chi connectivity index (χ0v) is 10.8. The van der Waals surface area contributed by atoms with Crippen molar-refractivity contribution in [2.45, 2.75) is 19.3 Å². The fraction of sp³-hybridized carbons (Fsp3) is 0.364. The number of benzene rings is 1. The Kier molecular flexibility index (Phi) is 4.58. The van der Waals surface area contributed by atoms with Crippen LogP contribution in [0.1, 0.15) is 16.7 Å².